The Morgan fingerprint density at radius 2 is 1.69 bits per heavy atom. The highest BCUT2D eigenvalue weighted by Gasteiger charge is 2.43. The number of hydrogen-bond donors (Lipinski definition) is 0. The van der Waals surface area contributed by atoms with Crippen LogP contribution >= 0.6 is 0 Å². The molecule has 2 aromatic rings. The molecule has 0 N–H and O–H groups in total. The van der Waals surface area contributed by atoms with Gasteiger partial charge in [-0.25, -0.2) is 0 Å². The molecule has 0 aromatic heterocycles. The van der Waals surface area contributed by atoms with Gasteiger partial charge in [0.1, 0.15) is 0 Å². The summed E-state index contributed by atoms with van der Waals surface area (Å²) in [7, 11) is 0. The summed E-state index contributed by atoms with van der Waals surface area (Å²) < 4.78 is 0. The van der Waals surface area contributed by atoms with Crippen LogP contribution in [0.5, 0.6) is 0 Å². The van der Waals surface area contributed by atoms with Crippen molar-refractivity contribution in [3.63, 3.8) is 0 Å². The van der Waals surface area contributed by atoms with Crippen LogP contribution in [0.25, 0.3) is 0 Å². The number of anilines is 1. The summed E-state index contributed by atoms with van der Waals surface area (Å²) in [5.74, 6) is 0.138. The lowest BCUT2D eigenvalue weighted by molar-refractivity contribution is 0.101. The van der Waals surface area contributed by atoms with Gasteiger partial charge in [0.05, 0.1) is 0 Å². The third-order valence-electron chi connectivity index (χ3n) is 6.15. The van der Waals surface area contributed by atoms with E-state index in [0.717, 1.165) is 25.1 Å². The SMILES string of the molecule is CC(=O)c1ccc(N2CCC3(CCN(CCc4ccccc4)C3)C2)cc1. The van der Waals surface area contributed by atoms with Gasteiger partial charge in [-0.1, -0.05) is 30.3 Å². The number of carbonyl (C=O) groups is 1. The number of ketones is 1. The van der Waals surface area contributed by atoms with Gasteiger partial charge in [-0.2, -0.15) is 0 Å². The largest absolute Gasteiger partial charge is 0.371 e. The van der Waals surface area contributed by atoms with Crippen molar-refractivity contribution >= 4 is 11.5 Å². The van der Waals surface area contributed by atoms with E-state index >= 15 is 0 Å². The summed E-state index contributed by atoms with van der Waals surface area (Å²) in [6.45, 7) is 7.52. The van der Waals surface area contributed by atoms with Crippen LogP contribution in [0.3, 0.4) is 0 Å². The molecular formula is C23H28N2O. The minimum absolute atomic E-state index is 0.138. The first-order valence-corrected chi connectivity index (χ1v) is 9.76. The highest BCUT2D eigenvalue weighted by atomic mass is 16.1. The van der Waals surface area contributed by atoms with Crippen LogP contribution < -0.4 is 4.90 Å². The van der Waals surface area contributed by atoms with Crippen LogP contribution in [-0.2, 0) is 6.42 Å². The Bertz CT molecular complexity index is 756. The Kier molecular flexibility index (Phi) is 4.82. The normalized spacial score (nSPS) is 23.0. The van der Waals surface area contributed by atoms with Crippen LogP contribution in [-0.4, -0.2) is 43.4 Å². The first kappa shape index (κ1) is 17.3. The van der Waals surface area contributed by atoms with E-state index in [1.165, 1.54) is 43.7 Å². The second-order valence-corrected chi connectivity index (χ2v) is 8.04. The van der Waals surface area contributed by atoms with Crippen LogP contribution in [0.4, 0.5) is 5.69 Å². The lowest BCUT2D eigenvalue weighted by Crippen LogP contribution is -2.31. The Hall–Kier alpha value is -2.13. The number of hydrogen-bond acceptors (Lipinski definition) is 3. The van der Waals surface area contributed by atoms with Gasteiger partial charge in [0, 0.05) is 42.8 Å². The smallest absolute Gasteiger partial charge is 0.159 e. The Morgan fingerprint density at radius 1 is 0.962 bits per heavy atom. The molecule has 3 nitrogen and oxygen atoms in total. The molecule has 1 atom stereocenters. The molecule has 2 fully saturated rings. The summed E-state index contributed by atoms with van der Waals surface area (Å²) in [5, 5.41) is 0. The Morgan fingerprint density at radius 3 is 2.42 bits per heavy atom. The molecule has 0 bridgehead atoms. The average Bonchev–Trinajstić information content (AvgIpc) is 3.28. The molecule has 2 aliphatic rings. The standard InChI is InChI=1S/C23H28N2O/c1-19(26)21-7-9-22(10-8-21)25-16-13-23(18-25)12-15-24(17-23)14-11-20-5-3-2-4-6-20/h2-10H,11-18H2,1H3. The van der Waals surface area contributed by atoms with Crippen LogP contribution in [0.2, 0.25) is 0 Å². The quantitative estimate of drug-likeness (QED) is 0.762. The zero-order valence-corrected chi connectivity index (χ0v) is 15.7. The first-order valence-electron chi connectivity index (χ1n) is 9.76. The Balaban J connectivity index is 1.33. The maximum Gasteiger partial charge on any atom is 0.159 e. The summed E-state index contributed by atoms with van der Waals surface area (Å²) in [6.07, 6.45) is 3.74. The molecule has 1 spiro atoms. The molecular weight excluding hydrogens is 320 g/mol. The van der Waals surface area contributed by atoms with Crippen molar-refractivity contribution in [2.75, 3.05) is 37.6 Å². The predicted molar refractivity (Wildman–Crippen MR) is 107 cm³/mol. The fraction of sp³-hybridized carbons (Fsp3) is 0.435. The minimum Gasteiger partial charge on any atom is -0.371 e. The molecule has 3 heteroatoms. The van der Waals surface area contributed by atoms with Gasteiger partial charge >= 0.3 is 0 Å². The summed E-state index contributed by atoms with van der Waals surface area (Å²) in [4.78, 5) is 16.6. The highest BCUT2D eigenvalue weighted by molar-refractivity contribution is 5.94. The van der Waals surface area contributed by atoms with Gasteiger partial charge < -0.3 is 9.80 Å². The predicted octanol–water partition coefficient (Wildman–Crippen LogP) is 4.03. The van der Waals surface area contributed by atoms with Crippen molar-refractivity contribution in [2.45, 2.75) is 26.2 Å². The van der Waals surface area contributed by atoms with Gasteiger partial charge in [-0.3, -0.25) is 4.79 Å². The van der Waals surface area contributed by atoms with Crippen molar-refractivity contribution in [3.8, 4) is 0 Å². The molecule has 2 heterocycles. The molecule has 0 amide bonds. The highest BCUT2D eigenvalue weighted by Crippen LogP contribution is 2.41. The van der Waals surface area contributed by atoms with E-state index in [-0.39, 0.29) is 5.78 Å². The fourth-order valence-electron chi connectivity index (χ4n) is 4.55. The van der Waals surface area contributed by atoms with E-state index in [1.54, 1.807) is 6.92 Å². The second kappa shape index (κ2) is 7.24. The average molecular weight is 348 g/mol. The summed E-state index contributed by atoms with van der Waals surface area (Å²) in [5.41, 5.74) is 3.95. The van der Waals surface area contributed by atoms with E-state index < -0.39 is 0 Å². The maximum atomic E-state index is 11.5. The zero-order valence-electron chi connectivity index (χ0n) is 15.7. The van der Waals surface area contributed by atoms with Crippen LogP contribution in [0.1, 0.15) is 35.7 Å². The van der Waals surface area contributed by atoms with Gasteiger partial charge in [-0.05, 0) is 62.6 Å². The van der Waals surface area contributed by atoms with Crippen molar-refractivity contribution in [3.05, 3.63) is 65.7 Å². The molecule has 0 radical (unpaired) electrons. The number of carbonyl (C=O) groups excluding carboxylic acids is 1. The molecule has 2 saturated heterocycles. The number of benzene rings is 2. The maximum absolute atomic E-state index is 11.5. The summed E-state index contributed by atoms with van der Waals surface area (Å²) >= 11 is 0. The number of likely N-dealkylation sites (tertiary alicyclic amines) is 1. The molecule has 0 aliphatic carbocycles. The number of Topliss-reactive ketones (excluding diaryl/α,β-unsaturated/α-hetero) is 1. The zero-order chi connectivity index (χ0) is 18.0. The third kappa shape index (κ3) is 3.68. The molecule has 136 valence electrons. The summed E-state index contributed by atoms with van der Waals surface area (Å²) in [6, 6.07) is 19.0. The molecule has 2 aliphatic heterocycles. The lowest BCUT2D eigenvalue weighted by atomic mass is 9.86. The monoisotopic (exact) mass is 348 g/mol. The Labute approximate surface area is 156 Å². The fourth-order valence-corrected chi connectivity index (χ4v) is 4.55. The third-order valence-corrected chi connectivity index (χ3v) is 6.15. The molecule has 1 unspecified atom stereocenters. The van der Waals surface area contributed by atoms with E-state index in [2.05, 4.69) is 52.3 Å². The molecule has 2 aromatic carbocycles. The van der Waals surface area contributed by atoms with Crippen molar-refractivity contribution in [1.29, 1.82) is 0 Å². The van der Waals surface area contributed by atoms with E-state index in [4.69, 9.17) is 0 Å². The number of rotatable bonds is 5. The minimum atomic E-state index is 0.138. The van der Waals surface area contributed by atoms with Crippen molar-refractivity contribution in [1.82, 2.24) is 4.90 Å². The van der Waals surface area contributed by atoms with Gasteiger partial charge in [0.2, 0.25) is 0 Å². The molecule has 26 heavy (non-hydrogen) atoms. The molecule has 0 saturated carbocycles. The first-order chi connectivity index (χ1) is 12.6. The number of nitrogens with zero attached hydrogens (tertiary/aromatic N) is 2. The van der Waals surface area contributed by atoms with E-state index in [9.17, 15) is 4.79 Å². The lowest BCUT2D eigenvalue weighted by Gasteiger charge is -2.26. The molecule has 4 rings (SSSR count). The van der Waals surface area contributed by atoms with Crippen molar-refractivity contribution < 1.29 is 4.79 Å². The van der Waals surface area contributed by atoms with Crippen molar-refractivity contribution in [2.24, 2.45) is 5.41 Å². The van der Waals surface area contributed by atoms with E-state index in [0.29, 0.717) is 5.41 Å². The van der Waals surface area contributed by atoms with Gasteiger partial charge in [0.25, 0.3) is 0 Å². The van der Waals surface area contributed by atoms with Gasteiger partial charge in [-0.15, -0.1) is 0 Å². The topological polar surface area (TPSA) is 23.6 Å². The van der Waals surface area contributed by atoms with Crippen LogP contribution in [0, 0.1) is 5.41 Å². The second-order valence-electron chi connectivity index (χ2n) is 8.04. The van der Waals surface area contributed by atoms with Crippen LogP contribution in [0.15, 0.2) is 54.6 Å². The van der Waals surface area contributed by atoms with Gasteiger partial charge in [0.15, 0.2) is 5.78 Å². The van der Waals surface area contributed by atoms with E-state index in [1.807, 2.05) is 12.1 Å².